The summed E-state index contributed by atoms with van der Waals surface area (Å²) in [6.07, 6.45) is 7.71. The van der Waals surface area contributed by atoms with Crippen LogP contribution in [0.3, 0.4) is 0 Å². The van der Waals surface area contributed by atoms with E-state index < -0.39 is 0 Å². The molecule has 0 aromatic carbocycles. The first-order valence-corrected chi connectivity index (χ1v) is 6.14. The largest absolute Gasteiger partial charge is 0.394 e. The Kier molecular flexibility index (Phi) is 4.28. The van der Waals surface area contributed by atoms with Crippen molar-refractivity contribution in [1.82, 2.24) is 9.97 Å². The van der Waals surface area contributed by atoms with E-state index in [0.29, 0.717) is 5.69 Å². The summed E-state index contributed by atoms with van der Waals surface area (Å²) < 4.78 is 0. The van der Waals surface area contributed by atoms with Gasteiger partial charge in [-0.25, -0.2) is 4.98 Å². The van der Waals surface area contributed by atoms with Gasteiger partial charge >= 0.3 is 0 Å². The van der Waals surface area contributed by atoms with Crippen LogP contribution in [0.25, 0.3) is 0 Å². The average Bonchev–Trinajstić information content (AvgIpc) is 2.63. The summed E-state index contributed by atoms with van der Waals surface area (Å²) in [5.41, 5.74) is 0.573. The molecule has 1 aromatic heterocycles. The summed E-state index contributed by atoms with van der Waals surface area (Å²) >= 11 is 0. The Morgan fingerprint density at radius 2 is 2.12 bits per heavy atom. The Hall–Kier alpha value is -1.20. The molecule has 2 N–H and O–H groups in total. The average molecular weight is 237 g/mol. The number of nitrogens with zero attached hydrogens (tertiary/aromatic N) is 3. The van der Waals surface area contributed by atoms with Crippen molar-refractivity contribution in [2.24, 2.45) is 0 Å². The van der Waals surface area contributed by atoms with Crippen LogP contribution in [0.5, 0.6) is 0 Å². The SMILES string of the molecule is OCc1cncc(N2CCCCCC2CO)n1. The first-order chi connectivity index (χ1) is 8.35. The molecular formula is C12H19N3O2. The lowest BCUT2D eigenvalue weighted by molar-refractivity contribution is 0.254. The zero-order valence-electron chi connectivity index (χ0n) is 9.92. The molecule has 1 unspecified atom stereocenters. The van der Waals surface area contributed by atoms with Gasteiger partial charge in [0.15, 0.2) is 0 Å². The first kappa shape index (κ1) is 12.3. The Morgan fingerprint density at radius 3 is 2.88 bits per heavy atom. The molecule has 1 aliphatic rings. The van der Waals surface area contributed by atoms with Gasteiger partial charge in [-0.15, -0.1) is 0 Å². The number of hydrogen-bond donors (Lipinski definition) is 2. The molecule has 5 heteroatoms. The summed E-state index contributed by atoms with van der Waals surface area (Å²) in [4.78, 5) is 10.6. The summed E-state index contributed by atoms with van der Waals surface area (Å²) in [7, 11) is 0. The van der Waals surface area contributed by atoms with Crippen LogP contribution < -0.4 is 4.90 Å². The summed E-state index contributed by atoms with van der Waals surface area (Å²) in [5, 5.41) is 18.5. The first-order valence-electron chi connectivity index (χ1n) is 6.14. The molecule has 1 atom stereocenters. The zero-order valence-corrected chi connectivity index (χ0v) is 9.92. The van der Waals surface area contributed by atoms with Gasteiger partial charge in [-0.2, -0.15) is 0 Å². The fourth-order valence-electron chi connectivity index (χ4n) is 2.28. The molecule has 0 aliphatic carbocycles. The molecule has 1 aromatic rings. The maximum absolute atomic E-state index is 9.44. The van der Waals surface area contributed by atoms with Gasteiger partial charge in [-0.1, -0.05) is 12.8 Å². The molecule has 0 saturated carbocycles. The van der Waals surface area contributed by atoms with Gasteiger partial charge in [0.2, 0.25) is 0 Å². The van der Waals surface area contributed by atoms with Crippen molar-refractivity contribution >= 4 is 5.82 Å². The Labute approximate surface area is 101 Å². The minimum atomic E-state index is -0.0987. The number of anilines is 1. The van der Waals surface area contributed by atoms with Crippen LogP contribution in [0.1, 0.15) is 31.4 Å². The fraction of sp³-hybridized carbons (Fsp3) is 0.667. The molecule has 94 valence electrons. The third kappa shape index (κ3) is 2.92. The maximum atomic E-state index is 9.44. The van der Waals surface area contributed by atoms with Gasteiger partial charge in [0.05, 0.1) is 37.3 Å². The molecule has 1 aliphatic heterocycles. The fourth-order valence-corrected chi connectivity index (χ4v) is 2.28. The monoisotopic (exact) mass is 237 g/mol. The molecule has 0 amide bonds. The van der Waals surface area contributed by atoms with E-state index >= 15 is 0 Å². The van der Waals surface area contributed by atoms with Crippen molar-refractivity contribution in [2.75, 3.05) is 18.1 Å². The smallest absolute Gasteiger partial charge is 0.147 e. The Balaban J connectivity index is 2.21. The van der Waals surface area contributed by atoms with Crippen molar-refractivity contribution in [1.29, 1.82) is 0 Å². The molecule has 0 radical (unpaired) electrons. The van der Waals surface area contributed by atoms with E-state index in [-0.39, 0.29) is 19.3 Å². The molecule has 2 rings (SSSR count). The van der Waals surface area contributed by atoms with E-state index in [1.54, 1.807) is 12.4 Å². The topological polar surface area (TPSA) is 69.5 Å². The lowest BCUT2D eigenvalue weighted by Gasteiger charge is -2.29. The second-order valence-corrected chi connectivity index (χ2v) is 4.41. The van der Waals surface area contributed by atoms with Crippen LogP contribution in [0, 0.1) is 0 Å². The standard InChI is InChI=1S/C12H19N3O2/c16-8-10-6-13-7-12(14-10)15-5-3-1-2-4-11(15)9-17/h6-7,11,16-17H,1-5,8-9H2. The summed E-state index contributed by atoms with van der Waals surface area (Å²) in [6, 6.07) is 0.126. The van der Waals surface area contributed by atoms with Crippen LogP contribution in [0.2, 0.25) is 0 Å². The van der Waals surface area contributed by atoms with Gasteiger partial charge in [0.1, 0.15) is 5.82 Å². The highest BCUT2D eigenvalue weighted by Crippen LogP contribution is 2.21. The molecular weight excluding hydrogens is 218 g/mol. The van der Waals surface area contributed by atoms with Crippen LogP contribution in [-0.4, -0.2) is 39.4 Å². The van der Waals surface area contributed by atoms with E-state index in [4.69, 9.17) is 5.11 Å². The van der Waals surface area contributed by atoms with Crippen molar-refractivity contribution in [3.05, 3.63) is 18.1 Å². The van der Waals surface area contributed by atoms with Crippen LogP contribution >= 0.6 is 0 Å². The third-order valence-corrected chi connectivity index (χ3v) is 3.22. The van der Waals surface area contributed by atoms with Crippen molar-refractivity contribution in [3.63, 3.8) is 0 Å². The number of aliphatic hydroxyl groups excluding tert-OH is 2. The molecule has 1 saturated heterocycles. The van der Waals surface area contributed by atoms with Gasteiger partial charge in [0.25, 0.3) is 0 Å². The molecule has 2 heterocycles. The van der Waals surface area contributed by atoms with E-state index in [1.165, 1.54) is 6.42 Å². The van der Waals surface area contributed by atoms with Gasteiger partial charge < -0.3 is 15.1 Å². The van der Waals surface area contributed by atoms with Gasteiger partial charge in [-0.05, 0) is 12.8 Å². The van der Waals surface area contributed by atoms with E-state index in [2.05, 4.69) is 14.9 Å². The predicted molar refractivity (Wildman–Crippen MR) is 64.6 cm³/mol. The van der Waals surface area contributed by atoms with Gasteiger partial charge in [0, 0.05) is 6.54 Å². The van der Waals surface area contributed by atoms with Crippen LogP contribution in [0.15, 0.2) is 12.4 Å². The van der Waals surface area contributed by atoms with Crippen molar-refractivity contribution in [3.8, 4) is 0 Å². The molecule has 5 nitrogen and oxygen atoms in total. The lowest BCUT2D eigenvalue weighted by atomic mass is 10.1. The second kappa shape index (κ2) is 5.93. The van der Waals surface area contributed by atoms with Crippen LogP contribution in [-0.2, 0) is 6.61 Å². The highest BCUT2D eigenvalue weighted by atomic mass is 16.3. The number of aromatic nitrogens is 2. The highest BCUT2D eigenvalue weighted by molar-refractivity contribution is 5.38. The molecule has 17 heavy (non-hydrogen) atoms. The Morgan fingerprint density at radius 1 is 1.24 bits per heavy atom. The summed E-state index contributed by atoms with van der Waals surface area (Å²) in [5.74, 6) is 0.762. The van der Waals surface area contributed by atoms with E-state index in [0.717, 1.165) is 31.6 Å². The normalized spacial score (nSPS) is 21.3. The maximum Gasteiger partial charge on any atom is 0.147 e. The zero-order chi connectivity index (χ0) is 12.1. The second-order valence-electron chi connectivity index (χ2n) is 4.41. The van der Waals surface area contributed by atoms with Gasteiger partial charge in [-0.3, -0.25) is 4.98 Å². The Bertz CT molecular complexity index is 359. The molecule has 1 fully saturated rings. The minimum absolute atomic E-state index is 0.0987. The summed E-state index contributed by atoms with van der Waals surface area (Å²) in [6.45, 7) is 0.943. The predicted octanol–water partition coefficient (Wildman–Crippen LogP) is 0.710. The van der Waals surface area contributed by atoms with Crippen molar-refractivity contribution in [2.45, 2.75) is 38.3 Å². The number of aliphatic hydroxyl groups is 2. The quantitative estimate of drug-likeness (QED) is 0.810. The number of rotatable bonds is 3. The number of hydrogen-bond acceptors (Lipinski definition) is 5. The molecule has 0 bridgehead atoms. The highest BCUT2D eigenvalue weighted by Gasteiger charge is 2.21. The third-order valence-electron chi connectivity index (χ3n) is 3.22. The lowest BCUT2D eigenvalue weighted by Crippen LogP contribution is -2.38. The minimum Gasteiger partial charge on any atom is -0.394 e. The van der Waals surface area contributed by atoms with E-state index in [9.17, 15) is 5.11 Å². The van der Waals surface area contributed by atoms with Crippen LogP contribution in [0.4, 0.5) is 5.82 Å². The van der Waals surface area contributed by atoms with Crippen molar-refractivity contribution < 1.29 is 10.2 Å². The molecule has 0 spiro atoms. The van der Waals surface area contributed by atoms with E-state index in [1.807, 2.05) is 0 Å².